The van der Waals surface area contributed by atoms with E-state index >= 15 is 0 Å². The molecule has 0 radical (unpaired) electrons. The molecule has 26 heavy (non-hydrogen) atoms. The fourth-order valence-electron chi connectivity index (χ4n) is 3.14. The molecule has 1 aliphatic heterocycles. The van der Waals surface area contributed by atoms with Gasteiger partial charge in [0.05, 0.1) is 0 Å². The first kappa shape index (κ1) is 18.5. The van der Waals surface area contributed by atoms with Crippen molar-refractivity contribution in [2.75, 3.05) is 19.8 Å². The van der Waals surface area contributed by atoms with Gasteiger partial charge < -0.3 is 9.80 Å². The van der Waals surface area contributed by atoms with Crippen molar-refractivity contribution in [2.24, 2.45) is 0 Å². The Morgan fingerprint density at radius 3 is 2.31 bits per heavy atom. The lowest BCUT2D eigenvalue weighted by Crippen LogP contribution is -2.26. The van der Waals surface area contributed by atoms with E-state index < -0.39 is 0 Å². The van der Waals surface area contributed by atoms with Gasteiger partial charge in [0.1, 0.15) is 0 Å². The summed E-state index contributed by atoms with van der Waals surface area (Å²) >= 11 is 1.71. The summed E-state index contributed by atoms with van der Waals surface area (Å²) in [5, 5.41) is 0. The predicted molar refractivity (Wildman–Crippen MR) is 105 cm³/mol. The predicted octanol–water partition coefficient (Wildman–Crippen LogP) is 3.80. The minimum Gasteiger partial charge on any atom is -0.338 e. The third kappa shape index (κ3) is 4.47. The zero-order valence-corrected chi connectivity index (χ0v) is 16.1. The van der Waals surface area contributed by atoms with Gasteiger partial charge in [-0.25, -0.2) is 0 Å². The van der Waals surface area contributed by atoms with Gasteiger partial charge >= 0.3 is 0 Å². The van der Waals surface area contributed by atoms with E-state index in [1.165, 1.54) is 4.90 Å². The number of hydrogen-bond acceptors (Lipinski definition) is 3. The van der Waals surface area contributed by atoms with Crippen molar-refractivity contribution in [1.82, 2.24) is 9.80 Å². The number of amides is 2. The molecule has 2 aromatic carbocycles. The van der Waals surface area contributed by atoms with Crippen LogP contribution in [0.4, 0.5) is 0 Å². The van der Waals surface area contributed by atoms with Crippen LogP contribution in [0.3, 0.4) is 0 Å². The molecule has 0 N–H and O–H groups in total. The molecule has 1 fully saturated rings. The highest BCUT2D eigenvalue weighted by atomic mass is 32.2. The molecule has 2 amide bonds. The van der Waals surface area contributed by atoms with Crippen LogP contribution in [0.25, 0.3) is 0 Å². The number of carbonyl (C=O) groups is 2. The molecule has 1 aliphatic rings. The molecule has 0 aromatic heterocycles. The molecule has 4 nitrogen and oxygen atoms in total. The van der Waals surface area contributed by atoms with Crippen molar-refractivity contribution in [3.8, 4) is 0 Å². The van der Waals surface area contributed by atoms with Crippen molar-refractivity contribution in [2.45, 2.75) is 30.8 Å². The van der Waals surface area contributed by atoms with Crippen molar-refractivity contribution in [3.63, 3.8) is 0 Å². The van der Waals surface area contributed by atoms with Crippen LogP contribution in [-0.2, 0) is 17.9 Å². The Hall–Kier alpha value is -2.27. The van der Waals surface area contributed by atoms with Crippen LogP contribution < -0.4 is 0 Å². The van der Waals surface area contributed by atoms with E-state index in [0.29, 0.717) is 25.1 Å². The third-order valence-electron chi connectivity index (χ3n) is 4.67. The first-order valence-electron chi connectivity index (χ1n) is 8.82. The van der Waals surface area contributed by atoms with Gasteiger partial charge in [-0.3, -0.25) is 9.59 Å². The van der Waals surface area contributed by atoms with Gasteiger partial charge in [0.25, 0.3) is 5.91 Å². The first-order chi connectivity index (χ1) is 12.6. The number of likely N-dealkylation sites (tertiary alicyclic amines) is 1. The molecule has 0 aliphatic carbocycles. The van der Waals surface area contributed by atoms with E-state index in [2.05, 4.69) is 24.3 Å². The summed E-state index contributed by atoms with van der Waals surface area (Å²) in [4.78, 5) is 29.2. The molecule has 136 valence electrons. The zero-order valence-electron chi connectivity index (χ0n) is 15.3. The van der Waals surface area contributed by atoms with E-state index in [1.54, 1.807) is 16.7 Å². The number of thioether (sulfide) groups is 1. The minimum atomic E-state index is 0.00254. The molecular formula is C21H24N2O2S. The summed E-state index contributed by atoms with van der Waals surface area (Å²) in [7, 11) is 1.82. The van der Waals surface area contributed by atoms with Crippen molar-refractivity contribution >= 4 is 23.6 Å². The highest BCUT2D eigenvalue weighted by Gasteiger charge is 2.20. The van der Waals surface area contributed by atoms with E-state index in [1.807, 2.05) is 42.5 Å². The zero-order chi connectivity index (χ0) is 18.5. The first-order valence-corrected chi connectivity index (χ1v) is 10.0. The van der Waals surface area contributed by atoms with Gasteiger partial charge in [0.2, 0.25) is 5.91 Å². The van der Waals surface area contributed by atoms with Crippen molar-refractivity contribution in [3.05, 3.63) is 65.2 Å². The molecule has 0 atom stereocenters. The Balaban J connectivity index is 1.60. The van der Waals surface area contributed by atoms with Gasteiger partial charge in [0, 0.05) is 43.6 Å². The monoisotopic (exact) mass is 368 g/mol. The maximum atomic E-state index is 12.6. The van der Waals surface area contributed by atoms with Crippen LogP contribution in [0, 0.1) is 0 Å². The molecule has 1 saturated heterocycles. The van der Waals surface area contributed by atoms with E-state index in [0.717, 1.165) is 24.1 Å². The van der Waals surface area contributed by atoms with Crippen molar-refractivity contribution in [1.29, 1.82) is 0 Å². The summed E-state index contributed by atoms with van der Waals surface area (Å²) in [6.07, 6.45) is 3.64. The Bertz CT molecular complexity index is 772. The maximum Gasteiger partial charge on any atom is 0.253 e. The fraction of sp³-hybridized carbons (Fsp3) is 0.333. The lowest BCUT2D eigenvalue weighted by molar-refractivity contribution is -0.128. The maximum absolute atomic E-state index is 12.6. The Labute approximate surface area is 159 Å². The number of rotatable bonds is 6. The Morgan fingerprint density at radius 1 is 1.08 bits per heavy atom. The van der Waals surface area contributed by atoms with E-state index in [4.69, 9.17) is 0 Å². The normalized spacial score (nSPS) is 13.9. The average molecular weight is 369 g/mol. The number of benzene rings is 2. The van der Waals surface area contributed by atoms with Crippen LogP contribution in [0.15, 0.2) is 53.4 Å². The molecule has 0 unspecified atom stereocenters. The second-order valence-electron chi connectivity index (χ2n) is 6.63. The minimum absolute atomic E-state index is 0.00254. The quantitative estimate of drug-likeness (QED) is 0.728. The Morgan fingerprint density at radius 2 is 1.73 bits per heavy atom. The molecule has 0 bridgehead atoms. The third-order valence-corrected chi connectivity index (χ3v) is 5.41. The standard InChI is InChI=1S/C21H24N2O2S/c1-22(14-16-7-11-19(26-2)12-8-16)21(25)18-9-5-17(6-10-18)15-23-13-3-4-20(23)24/h5-12H,3-4,13-15H2,1-2H3. The Kier molecular flexibility index (Phi) is 5.99. The molecule has 0 spiro atoms. The highest BCUT2D eigenvalue weighted by molar-refractivity contribution is 7.98. The van der Waals surface area contributed by atoms with Gasteiger partial charge in [-0.15, -0.1) is 11.8 Å². The molecule has 2 aromatic rings. The fourth-order valence-corrected chi connectivity index (χ4v) is 3.55. The molecule has 5 heteroatoms. The summed E-state index contributed by atoms with van der Waals surface area (Å²) in [5.41, 5.74) is 2.85. The van der Waals surface area contributed by atoms with Gasteiger partial charge in [-0.2, -0.15) is 0 Å². The molecular weight excluding hydrogens is 344 g/mol. The second kappa shape index (κ2) is 8.41. The average Bonchev–Trinajstić information content (AvgIpc) is 3.07. The number of nitrogens with zero attached hydrogens (tertiary/aromatic N) is 2. The van der Waals surface area contributed by atoms with Crippen LogP contribution in [0.1, 0.15) is 34.3 Å². The second-order valence-corrected chi connectivity index (χ2v) is 7.50. The van der Waals surface area contributed by atoms with Gasteiger partial charge in [-0.05, 0) is 48.1 Å². The molecule has 1 heterocycles. The summed E-state index contributed by atoms with van der Waals surface area (Å²) in [6.45, 7) is 2.04. The smallest absolute Gasteiger partial charge is 0.253 e. The van der Waals surface area contributed by atoms with Crippen LogP contribution in [0.2, 0.25) is 0 Å². The van der Waals surface area contributed by atoms with Crippen LogP contribution in [-0.4, -0.2) is 41.5 Å². The summed E-state index contributed by atoms with van der Waals surface area (Å²) < 4.78 is 0. The number of hydrogen-bond donors (Lipinski definition) is 0. The molecule has 0 saturated carbocycles. The molecule has 3 rings (SSSR count). The number of carbonyl (C=O) groups excluding carboxylic acids is 2. The van der Waals surface area contributed by atoms with Crippen LogP contribution in [0.5, 0.6) is 0 Å². The van der Waals surface area contributed by atoms with E-state index in [-0.39, 0.29) is 11.8 Å². The summed E-state index contributed by atoms with van der Waals surface area (Å²) in [5.74, 6) is 0.222. The van der Waals surface area contributed by atoms with E-state index in [9.17, 15) is 9.59 Å². The summed E-state index contributed by atoms with van der Waals surface area (Å²) in [6, 6.07) is 15.9. The highest BCUT2D eigenvalue weighted by Crippen LogP contribution is 2.17. The largest absolute Gasteiger partial charge is 0.338 e. The van der Waals surface area contributed by atoms with Crippen molar-refractivity contribution < 1.29 is 9.59 Å². The SMILES string of the molecule is CSc1ccc(CN(C)C(=O)c2ccc(CN3CCCC3=O)cc2)cc1. The lowest BCUT2D eigenvalue weighted by atomic mass is 10.1. The van der Waals surface area contributed by atoms with Crippen LogP contribution >= 0.6 is 11.8 Å². The van der Waals surface area contributed by atoms with Gasteiger partial charge in [-0.1, -0.05) is 24.3 Å². The topological polar surface area (TPSA) is 40.6 Å². The lowest BCUT2D eigenvalue weighted by Gasteiger charge is -2.18. The van der Waals surface area contributed by atoms with Gasteiger partial charge in [0.15, 0.2) is 0 Å².